The van der Waals surface area contributed by atoms with Crippen molar-refractivity contribution in [3.05, 3.63) is 29.8 Å². The maximum Gasteiger partial charge on any atom is 0.326 e. The molecule has 0 heterocycles. The number of rotatable bonds is 30. The number of hydrogen-bond donors (Lipinski definition) is 14. The Balaban J connectivity index is 3.51. The lowest BCUT2D eigenvalue weighted by Crippen LogP contribution is -2.60. The number of phenols is 1. The van der Waals surface area contributed by atoms with Gasteiger partial charge in [-0.05, 0) is 61.9 Å². The van der Waals surface area contributed by atoms with E-state index in [0.29, 0.717) is 11.3 Å². The Kier molecular flexibility index (Phi) is 23.6. The fourth-order valence-corrected chi connectivity index (χ4v) is 5.87. The van der Waals surface area contributed by atoms with Crippen LogP contribution in [0.2, 0.25) is 0 Å². The van der Waals surface area contributed by atoms with Crippen LogP contribution in [-0.4, -0.2) is 157 Å². The Morgan fingerprint density at radius 3 is 1.32 bits per heavy atom. The number of carboxylic acid groups (broad SMARTS) is 5. The molecule has 1 aromatic rings. The lowest BCUT2D eigenvalue weighted by atomic mass is 10.0. The molecule has 0 spiro atoms. The molecule has 62 heavy (non-hydrogen) atoms. The van der Waals surface area contributed by atoms with Gasteiger partial charge < -0.3 is 74.0 Å². The molecule has 0 saturated carbocycles. The summed E-state index contributed by atoms with van der Waals surface area (Å²) in [5.74, 6) is -15.3. The second kappa shape index (κ2) is 27.3. The minimum Gasteiger partial charge on any atom is -0.508 e. The summed E-state index contributed by atoms with van der Waals surface area (Å²) in [6, 6.07) is -7.08. The zero-order chi connectivity index (χ0) is 47.1. The first kappa shape index (κ1) is 53.5. The number of carboxylic acids is 5. The van der Waals surface area contributed by atoms with Crippen LogP contribution in [0, 0.1) is 0 Å². The molecular weight excluding hydrogens is 849 g/mol. The molecule has 344 valence electrons. The predicted molar refractivity (Wildman–Crippen MR) is 214 cm³/mol. The number of aliphatic carboxylic acids is 5. The van der Waals surface area contributed by atoms with Crippen LogP contribution in [0.1, 0.15) is 56.9 Å². The monoisotopic (exact) mass is 900 g/mol. The van der Waals surface area contributed by atoms with Gasteiger partial charge in [0, 0.05) is 6.42 Å². The smallest absolute Gasteiger partial charge is 0.326 e. The molecule has 0 aliphatic heterocycles. The van der Waals surface area contributed by atoms with Gasteiger partial charge in [0.05, 0.1) is 31.7 Å². The van der Waals surface area contributed by atoms with Crippen LogP contribution in [0.15, 0.2) is 24.3 Å². The molecular formula is C36H52N8O17S. The second-order valence-corrected chi connectivity index (χ2v) is 14.6. The highest BCUT2D eigenvalue weighted by Crippen LogP contribution is 2.13. The van der Waals surface area contributed by atoms with Crippen molar-refractivity contribution in [1.82, 2.24) is 31.9 Å². The van der Waals surface area contributed by atoms with Gasteiger partial charge >= 0.3 is 29.8 Å². The molecule has 1 rings (SSSR count). The van der Waals surface area contributed by atoms with E-state index in [0.717, 1.165) is 0 Å². The zero-order valence-electron chi connectivity index (χ0n) is 33.4. The normalized spacial score (nSPS) is 14.2. The molecule has 0 aromatic heterocycles. The second-order valence-electron chi connectivity index (χ2n) is 13.6. The number of nitrogens with one attached hydrogen (secondary N) is 6. The van der Waals surface area contributed by atoms with Gasteiger partial charge in [0.15, 0.2) is 0 Å². The molecule has 0 fully saturated rings. The summed E-state index contributed by atoms with van der Waals surface area (Å²) in [6.07, 6.45) is -2.66. The number of unbranched alkanes of at least 4 members (excludes halogenated alkanes) is 1. The molecule has 6 amide bonds. The minimum atomic E-state index is -2.12. The SMILES string of the molecule is CSCC[C@H](N)C(=O)N[C@@H](CC(=O)O)C(=O)N[C@@H](Cc1ccc(O)cc1)C(=O)N[C@@H](CCCCN)C(=O)N[C@@H](CC(=O)O)C(=O)N[C@@H](CC(=O)O)C(=O)N[C@@H](CC(=O)O)C(=O)O. The molecule has 0 aliphatic carbocycles. The largest absolute Gasteiger partial charge is 0.508 e. The van der Waals surface area contributed by atoms with Crippen molar-refractivity contribution in [1.29, 1.82) is 0 Å². The zero-order valence-corrected chi connectivity index (χ0v) is 34.2. The van der Waals surface area contributed by atoms with Crippen molar-refractivity contribution < 1.29 is 83.4 Å². The number of carbonyl (C=O) groups is 11. The predicted octanol–water partition coefficient (Wildman–Crippen LogP) is -3.96. The first-order valence-electron chi connectivity index (χ1n) is 18.7. The van der Waals surface area contributed by atoms with Gasteiger partial charge in [0.2, 0.25) is 35.4 Å². The van der Waals surface area contributed by atoms with Crippen molar-refractivity contribution in [2.45, 2.75) is 100 Å². The van der Waals surface area contributed by atoms with E-state index in [4.69, 9.17) is 16.6 Å². The highest BCUT2D eigenvalue weighted by molar-refractivity contribution is 7.98. The standard InChI is InChI=1S/C36H52N8O17S/c1-62-11-9-19(38)30(54)40-22(13-26(46)47)33(57)41-21(12-17-5-7-18(45)8-6-17)32(56)39-20(4-2-3-10-37)31(55)42-23(14-27(48)49)34(58)43-24(15-28(50)51)35(59)44-25(36(60)61)16-29(52)53/h5-8,19-25,45H,2-4,9-16,37-38H2,1H3,(H,39,56)(H,40,54)(H,41,57)(H,42,55)(H,43,58)(H,44,59)(H,46,47)(H,48,49)(H,50,51)(H,52,53)(H,60,61)/t19-,20-,21-,22-,23-,24-,25-/m0/s1. The van der Waals surface area contributed by atoms with Crippen LogP contribution in [0.3, 0.4) is 0 Å². The van der Waals surface area contributed by atoms with Gasteiger partial charge in [-0.15, -0.1) is 0 Å². The molecule has 26 heteroatoms. The van der Waals surface area contributed by atoms with Gasteiger partial charge in [0.1, 0.15) is 42.0 Å². The van der Waals surface area contributed by atoms with Crippen molar-refractivity contribution in [2.75, 3.05) is 18.6 Å². The number of hydrogen-bond acceptors (Lipinski definition) is 15. The molecule has 0 aliphatic rings. The molecule has 0 radical (unpaired) electrons. The van der Waals surface area contributed by atoms with E-state index in [1.54, 1.807) is 11.6 Å². The van der Waals surface area contributed by atoms with Gasteiger partial charge in [-0.2, -0.15) is 11.8 Å². The highest BCUT2D eigenvalue weighted by atomic mass is 32.2. The summed E-state index contributed by atoms with van der Waals surface area (Å²) in [4.78, 5) is 138. The van der Waals surface area contributed by atoms with Crippen LogP contribution < -0.4 is 43.4 Å². The number of thioether (sulfide) groups is 1. The van der Waals surface area contributed by atoms with Crippen molar-refractivity contribution in [2.24, 2.45) is 11.5 Å². The van der Waals surface area contributed by atoms with E-state index in [1.807, 2.05) is 5.32 Å². The first-order chi connectivity index (χ1) is 29.1. The van der Waals surface area contributed by atoms with E-state index in [-0.39, 0.29) is 44.4 Å². The van der Waals surface area contributed by atoms with Gasteiger partial charge in [-0.1, -0.05) is 12.1 Å². The average molecular weight is 901 g/mol. The number of carbonyl (C=O) groups excluding carboxylic acids is 6. The Labute approximate surface area is 357 Å². The quantitative estimate of drug-likeness (QED) is 0.0328. The van der Waals surface area contributed by atoms with Crippen LogP contribution in [0.25, 0.3) is 0 Å². The number of amides is 6. The summed E-state index contributed by atoms with van der Waals surface area (Å²) in [6.45, 7) is 0.117. The van der Waals surface area contributed by atoms with Gasteiger partial charge in [-0.3, -0.25) is 47.9 Å². The van der Waals surface area contributed by atoms with E-state index >= 15 is 0 Å². The third-order valence-corrected chi connectivity index (χ3v) is 9.23. The third kappa shape index (κ3) is 20.6. The summed E-state index contributed by atoms with van der Waals surface area (Å²) in [5, 5.41) is 69.3. The van der Waals surface area contributed by atoms with Gasteiger partial charge in [-0.25, -0.2) is 4.79 Å². The fourth-order valence-electron chi connectivity index (χ4n) is 5.38. The first-order valence-corrected chi connectivity index (χ1v) is 20.1. The average Bonchev–Trinajstić information content (AvgIpc) is 3.18. The summed E-state index contributed by atoms with van der Waals surface area (Å²) in [7, 11) is 0. The van der Waals surface area contributed by atoms with E-state index in [9.17, 15) is 78.3 Å². The van der Waals surface area contributed by atoms with E-state index in [1.165, 1.54) is 36.0 Å². The molecule has 0 bridgehead atoms. The third-order valence-electron chi connectivity index (χ3n) is 8.59. The van der Waals surface area contributed by atoms with Crippen LogP contribution in [0.4, 0.5) is 0 Å². The topological polar surface area (TPSA) is 433 Å². The maximum absolute atomic E-state index is 14.0. The Bertz CT molecular complexity index is 1780. The Hall–Kier alpha value is -6.54. The molecule has 0 unspecified atom stereocenters. The van der Waals surface area contributed by atoms with E-state index < -0.39 is 133 Å². The van der Waals surface area contributed by atoms with Crippen LogP contribution in [0.5, 0.6) is 5.75 Å². The molecule has 7 atom stereocenters. The molecule has 25 nitrogen and oxygen atoms in total. The lowest BCUT2D eigenvalue weighted by Gasteiger charge is -2.27. The summed E-state index contributed by atoms with van der Waals surface area (Å²) < 4.78 is 0. The van der Waals surface area contributed by atoms with Gasteiger partial charge in [0.25, 0.3) is 0 Å². The highest BCUT2D eigenvalue weighted by Gasteiger charge is 2.35. The number of aromatic hydroxyl groups is 1. The Morgan fingerprint density at radius 2 is 0.903 bits per heavy atom. The van der Waals surface area contributed by atoms with Crippen molar-refractivity contribution in [3.8, 4) is 5.75 Å². The van der Waals surface area contributed by atoms with E-state index in [2.05, 4.69) is 21.3 Å². The maximum atomic E-state index is 14.0. The molecule has 16 N–H and O–H groups in total. The summed E-state index contributed by atoms with van der Waals surface area (Å²) in [5.41, 5.74) is 11.8. The number of nitrogens with two attached hydrogens (primary N) is 2. The summed E-state index contributed by atoms with van der Waals surface area (Å²) >= 11 is 1.39. The van der Waals surface area contributed by atoms with Crippen molar-refractivity contribution in [3.63, 3.8) is 0 Å². The number of phenolic OH excluding ortho intramolecular Hbond substituents is 1. The molecule has 0 saturated heterocycles. The number of benzene rings is 1. The van der Waals surface area contributed by atoms with Crippen LogP contribution in [-0.2, 0) is 59.2 Å². The lowest BCUT2D eigenvalue weighted by molar-refractivity contribution is -0.148. The minimum absolute atomic E-state index is 0.117. The fraction of sp³-hybridized carbons (Fsp3) is 0.528. The van der Waals surface area contributed by atoms with Crippen LogP contribution >= 0.6 is 11.8 Å². The Morgan fingerprint density at radius 1 is 0.532 bits per heavy atom. The van der Waals surface area contributed by atoms with Crippen molar-refractivity contribution >= 4 is 77.1 Å². The molecule has 1 aromatic carbocycles.